The molecule has 3 unspecified atom stereocenters. The lowest BCUT2D eigenvalue weighted by Gasteiger charge is -2.37. The molecule has 188 valence electrons. The van der Waals surface area contributed by atoms with Gasteiger partial charge in [-0.1, -0.05) is 73.2 Å². The Bertz CT molecular complexity index is 918. The third-order valence-electron chi connectivity index (χ3n) is 7.67. The van der Waals surface area contributed by atoms with E-state index in [4.69, 9.17) is 9.84 Å². The number of allylic oxidation sites excluding steroid dienone is 2. The number of piperidine rings is 1. The maximum absolute atomic E-state index is 10.7. The molecule has 4 heteroatoms. The van der Waals surface area contributed by atoms with E-state index in [1.54, 1.807) is 0 Å². The van der Waals surface area contributed by atoms with E-state index in [-0.39, 0.29) is 6.42 Å². The van der Waals surface area contributed by atoms with Gasteiger partial charge < -0.3 is 14.7 Å². The van der Waals surface area contributed by atoms with Crippen LogP contribution in [0.1, 0.15) is 74.5 Å². The normalized spacial score (nSPS) is 23.1. The molecule has 1 aliphatic heterocycles. The minimum absolute atomic E-state index is 0.214. The van der Waals surface area contributed by atoms with Gasteiger partial charge in [-0.2, -0.15) is 0 Å². The topological polar surface area (TPSA) is 49.8 Å². The van der Waals surface area contributed by atoms with Crippen molar-refractivity contribution in [1.29, 1.82) is 0 Å². The summed E-state index contributed by atoms with van der Waals surface area (Å²) in [7, 11) is 0. The van der Waals surface area contributed by atoms with Gasteiger partial charge in [0.2, 0.25) is 0 Å². The van der Waals surface area contributed by atoms with Crippen molar-refractivity contribution in [3.63, 3.8) is 0 Å². The Morgan fingerprint density at radius 2 is 1.57 bits per heavy atom. The van der Waals surface area contributed by atoms with Gasteiger partial charge in [0.15, 0.2) is 0 Å². The van der Waals surface area contributed by atoms with E-state index < -0.39 is 5.97 Å². The Morgan fingerprint density at radius 3 is 2.31 bits per heavy atom. The van der Waals surface area contributed by atoms with Gasteiger partial charge in [0.05, 0.1) is 12.7 Å². The van der Waals surface area contributed by atoms with Gasteiger partial charge in [-0.3, -0.25) is 4.79 Å². The van der Waals surface area contributed by atoms with E-state index in [1.807, 2.05) is 6.08 Å². The number of nitrogens with zero attached hydrogens (tertiary/aromatic N) is 1. The Balaban J connectivity index is 1.31. The monoisotopic (exact) mass is 475 g/mol. The standard InChI is InChI=1S/C31H41NO3/c33-31(34)14-8-2-1-7-13-28-29(32-21-9-4-10-22-32)19-20-30(28)35-24-27-17-15-26(16-18-27)23-25-11-5-3-6-12-25/h1-3,5-6,11-12,15-18,28-30H,4,7-10,13-14,19-24H2,(H,33,34). The van der Waals surface area contributed by atoms with Crippen molar-refractivity contribution in [2.45, 2.75) is 83.0 Å². The van der Waals surface area contributed by atoms with Gasteiger partial charge in [-0.05, 0) is 81.1 Å². The lowest BCUT2D eigenvalue weighted by molar-refractivity contribution is -0.136. The molecule has 1 aliphatic carbocycles. The Morgan fingerprint density at radius 1 is 0.886 bits per heavy atom. The first-order valence-corrected chi connectivity index (χ1v) is 13.5. The second-order valence-electron chi connectivity index (χ2n) is 10.2. The number of carboxylic acids is 1. The van der Waals surface area contributed by atoms with Gasteiger partial charge in [0.25, 0.3) is 0 Å². The molecule has 2 aromatic rings. The molecule has 0 bridgehead atoms. The summed E-state index contributed by atoms with van der Waals surface area (Å²) in [6.45, 7) is 3.13. The molecule has 1 saturated carbocycles. The van der Waals surface area contributed by atoms with Crippen LogP contribution < -0.4 is 0 Å². The highest BCUT2D eigenvalue weighted by Gasteiger charge is 2.39. The molecule has 2 aliphatic rings. The van der Waals surface area contributed by atoms with Crippen molar-refractivity contribution < 1.29 is 14.6 Å². The van der Waals surface area contributed by atoms with Crippen LogP contribution in [0.15, 0.2) is 66.7 Å². The molecule has 4 nitrogen and oxygen atoms in total. The highest BCUT2D eigenvalue weighted by molar-refractivity contribution is 5.66. The maximum Gasteiger partial charge on any atom is 0.303 e. The fourth-order valence-electron chi connectivity index (χ4n) is 5.82. The SMILES string of the molecule is O=C(O)CCC=CCCC1C(OCc2ccc(Cc3ccccc3)cc2)CCC1N1CCCCC1. The van der Waals surface area contributed by atoms with Crippen LogP contribution in [0.3, 0.4) is 0 Å². The van der Waals surface area contributed by atoms with E-state index in [2.05, 4.69) is 65.6 Å². The number of rotatable bonds is 12. The molecular formula is C31H41NO3. The summed E-state index contributed by atoms with van der Waals surface area (Å²) in [6, 6.07) is 20.1. The fourth-order valence-corrected chi connectivity index (χ4v) is 5.82. The van der Waals surface area contributed by atoms with Crippen molar-refractivity contribution in [3.05, 3.63) is 83.4 Å². The summed E-state index contributed by atoms with van der Waals surface area (Å²) < 4.78 is 6.56. The number of likely N-dealkylation sites (tertiary alicyclic amines) is 1. The third-order valence-corrected chi connectivity index (χ3v) is 7.67. The van der Waals surface area contributed by atoms with Crippen molar-refractivity contribution in [1.82, 2.24) is 4.90 Å². The predicted octanol–water partition coefficient (Wildman–Crippen LogP) is 6.63. The van der Waals surface area contributed by atoms with Crippen LogP contribution in [-0.4, -0.2) is 41.2 Å². The Hall–Kier alpha value is -2.43. The lowest BCUT2D eigenvalue weighted by atomic mass is 9.93. The molecule has 1 N–H and O–H groups in total. The molecule has 0 amide bonds. The maximum atomic E-state index is 10.7. The number of benzene rings is 2. The van der Waals surface area contributed by atoms with Gasteiger partial charge in [-0.25, -0.2) is 0 Å². The second-order valence-corrected chi connectivity index (χ2v) is 10.2. The summed E-state index contributed by atoms with van der Waals surface area (Å²) in [5.74, 6) is -0.174. The highest BCUT2D eigenvalue weighted by Crippen LogP contribution is 2.37. The van der Waals surface area contributed by atoms with E-state index >= 15 is 0 Å². The van der Waals surface area contributed by atoms with Gasteiger partial charge in [-0.15, -0.1) is 0 Å². The van der Waals surface area contributed by atoms with Crippen LogP contribution in [-0.2, 0) is 22.6 Å². The van der Waals surface area contributed by atoms with Crippen LogP contribution >= 0.6 is 0 Å². The summed E-state index contributed by atoms with van der Waals surface area (Å²) in [6.07, 6.45) is 14.8. The van der Waals surface area contributed by atoms with Gasteiger partial charge in [0.1, 0.15) is 0 Å². The second kappa shape index (κ2) is 13.6. The summed E-state index contributed by atoms with van der Waals surface area (Å²) in [4.78, 5) is 13.5. The van der Waals surface area contributed by atoms with Crippen molar-refractivity contribution in [2.24, 2.45) is 5.92 Å². The zero-order valence-corrected chi connectivity index (χ0v) is 21.0. The molecule has 0 aromatic heterocycles. The van der Waals surface area contributed by atoms with Crippen LogP contribution in [0.2, 0.25) is 0 Å². The number of aliphatic carboxylic acids is 1. The van der Waals surface area contributed by atoms with Crippen molar-refractivity contribution in [3.8, 4) is 0 Å². The van der Waals surface area contributed by atoms with Crippen LogP contribution in [0, 0.1) is 5.92 Å². The van der Waals surface area contributed by atoms with E-state index in [0.29, 0.717) is 31.1 Å². The largest absolute Gasteiger partial charge is 0.481 e. The smallest absolute Gasteiger partial charge is 0.303 e. The zero-order valence-electron chi connectivity index (χ0n) is 21.0. The minimum atomic E-state index is -0.725. The van der Waals surface area contributed by atoms with Crippen LogP contribution in [0.4, 0.5) is 0 Å². The first-order valence-electron chi connectivity index (χ1n) is 13.5. The van der Waals surface area contributed by atoms with Gasteiger partial charge >= 0.3 is 5.97 Å². The average Bonchev–Trinajstić information content (AvgIpc) is 3.29. The van der Waals surface area contributed by atoms with Crippen molar-refractivity contribution in [2.75, 3.05) is 13.1 Å². The van der Waals surface area contributed by atoms with Crippen LogP contribution in [0.25, 0.3) is 0 Å². The van der Waals surface area contributed by atoms with Crippen molar-refractivity contribution >= 4 is 5.97 Å². The first kappa shape index (κ1) is 25.7. The highest BCUT2D eigenvalue weighted by atomic mass is 16.5. The lowest BCUT2D eigenvalue weighted by Crippen LogP contribution is -2.43. The average molecular weight is 476 g/mol. The molecule has 35 heavy (non-hydrogen) atoms. The number of hydrogen-bond acceptors (Lipinski definition) is 3. The summed E-state index contributed by atoms with van der Waals surface area (Å²) in [5.41, 5.74) is 3.92. The molecule has 1 heterocycles. The Kier molecular flexibility index (Phi) is 9.97. The zero-order chi connectivity index (χ0) is 24.3. The molecule has 1 saturated heterocycles. The fraction of sp³-hybridized carbons (Fsp3) is 0.516. The van der Waals surface area contributed by atoms with Crippen LogP contribution in [0.5, 0.6) is 0 Å². The molecule has 0 radical (unpaired) electrons. The molecule has 2 fully saturated rings. The molecule has 3 atom stereocenters. The summed E-state index contributed by atoms with van der Waals surface area (Å²) >= 11 is 0. The molecule has 2 aromatic carbocycles. The first-order chi connectivity index (χ1) is 17.2. The number of ether oxygens (including phenoxy) is 1. The number of hydrogen-bond donors (Lipinski definition) is 1. The van der Waals surface area contributed by atoms with E-state index in [9.17, 15) is 4.79 Å². The summed E-state index contributed by atoms with van der Waals surface area (Å²) in [5, 5.41) is 8.83. The number of carboxylic acid groups (broad SMARTS) is 1. The minimum Gasteiger partial charge on any atom is -0.481 e. The predicted molar refractivity (Wildman–Crippen MR) is 141 cm³/mol. The third kappa shape index (κ3) is 8.05. The van der Waals surface area contributed by atoms with E-state index in [0.717, 1.165) is 25.7 Å². The molecule has 0 spiro atoms. The number of carbonyl (C=O) groups is 1. The molecular weight excluding hydrogens is 434 g/mol. The Labute approximate surface area is 211 Å². The van der Waals surface area contributed by atoms with Gasteiger partial charge in [0, 0.05) is 18.4 Å². The quantitative estimate of drug-likeness (QED) is 0.350. The molecule has 4 rings (SSSR count). The van der Waals surface area contributed by atoms with E-state index in [1.165, 1.54) is 55.5 Å².